The van der Waals surface area contributed by atoms with Gasteiger partial charge in [0.25, 0.3) is 17.4 Å². The lowest BCUT2D eigenvalue weighted by molar-refractivity contribution is 0.0918. The van der Waals surface area contributed by atoms with E-state index < -0.39 is 0 Å². The molecule has 0 aliphatic heterocycles. The average Bonchev–Trinajstić information content (AvgIpc) is 3.03. The number of nitrogens with one attached hydrogen (secondary N) is 2. The van der Waals surface area contributed by atoms with Gasteiger partial charge in [-0.05, 0) is 51.0 Å². The first-order valence-electron chi connectivity index (χ1n) is 8.42. The van der Waals surface area contributed by atoms with Crippen molar-refractivity contribution in [2.45, 2.75) is 52.0 Å². The Balaban J connectivity index is 1.59. The van der Waals surface area contributed by atoms with Crippen LogP contribution in [-0.4, -0.2) is 31.7 Å². The summed E-state index contributed by atoms with van der Waals surface area (Å²) in [7, 11) is 0. The van der Waals surface area contributed by atoms with Gasteiger partial charge in [0, 0.05) is 23.5 Å². The van der Waals surface area contributed by atoms with E-state index in [1.807, 2.05) is 19.9 Å². The van der Waals surface area contributed by atoms with Gasteiger partial charge in [-0.3, -0.25) is 14.7 Å². The second-order valence-corrected chi connectivity index (χ2v) is 7.07. The Morgan fingerprint density at radius 1 is 1.25 bits per heavy atom. The normalized spacial score (nSPS) is 21.2. The van der Waals surface area contributed by atoms with E-state index >= 15 is 0 Å². The first-order valence-corrected chi connectivity index (χ1v) is 8.42. The van der Waals surface area contributed by atoms with Crippen molar-refractivity contribution in [2.75, 3.05) is 0 Å². The number of carbonyl (C=O) groups excluding carboxylic acids is 1. The van der Waals surface area contributed by atoms with Gasteiger partial charge in [-0.25, -0.2) is 9.97 Å². The first-order chi connectivity index (χ1) is 11.5. The van der Waals surface area contributed by atoms with Crippen LogP contribution in [0.1, 0.15) is 54.0 Å². The lowest BCUT2D eigenvalue weighted by atomic mass is 10.0. The quantitative estimate of drug-likeness (QED) is 0.896. The molecule has 4 rings (SSSR count). The van der Waals surface area contributed by atoms with E-state index in [4.69, 9.17) is 0 Å². The van der Waals surface area contributed by atoms with Crippen molar-refractivity contribution in [1.82, 2.24) is 25.1 Å². The van der Waals surface area contributed by atoms with Gasteiger partial charge < -0.3 is 5.32 Å². The summed E-state index contributed by atoms with van der Waals surface area (Å²) in [4.78, 5) is 33.3. The molecule has 0 radical (unpaired) electrons. The number of H-pyrrole nitrogens is 1. The van der Waals surface area contributed by atoms with Gasteiger partial charge in [0.15, 0.2) is 0 Å². The molecule has 2 aromatic heterocycles. The molecule has 1 spiro atoms. The summed E-state index contributed by atoms with van der Waals surface area (Å²) in [5.74, 6) is 0.0319. The van der Waals surface area contributed by atoms with Crippen LogP contribution in [0.4, 0.5) is 0 Å². The summed E-state index contributed by atoms with van der Waals surface area (Å²) in [5, 5.41) is 5.94. The maximum absolute atomic E-state index is 12.5. The van der Waals surface area contributed by atoms with Crippen LogP contribution in [0.2, 0.25) is 0 Å². The summed E-state index contributed by atoms with van der Waals surface area (Å²) in [6.45, 7) is 3.68. The average molecular weight is 327 g/mol. The molecule has 24 heavy (non-hydrogen) atoms. The van der Waals surface area contributed by atoms with E-state index in [2.05, 4.69) is 20.4 Å². The Labute approximate surface area is 139 Å². The SMILES string of the molecule is Cc1cc(C)nc(-n2[nH]c(C(=O)NC3CCCC34CC4)cc2=O)n1. The fourth-order valence-electron chi connectivity index (χ4n) is 3.83. The Bertz CT molecular complexity index is 842. The minimum absolute atomic E-state index is 0.228. The van der Waals surface area contributed by atoms with Crippen molar-refractivity contribution in [1.29, 1.82) is 0 Å². The predicted octanol–water partition coefficient (Wildman–Crippen LogP) is 1.63. The van der Waals surface area contributed by atoms with E-state index in [0.29, 0.717) is 5.41 Å². The van der Waals surface area contributed by atoms with Crippen molar-refractivity contribution in [3.05, 3.63) is 39.6 Å². The molecule has 0 saturated heterocycles. The number of amides is 1. The molecule has 0 aromatic carbocycles. The molecule has 1 atom stereocenters. The van der Waals surface area contributed by atoms with Crippen LogP contribution in [0, 0.1) is 19.3 Å². The molecular weight excluding hydrogens is 306 g/mol. The zero-order chi connectivity index (χ0) is 16.9. The Morgan fingerprint density at radius 3 is 2.62 bits per heavy atom. The highest BCUT2D eigenvalue weighted by Crippen LogP contribution is 2.57. The second kappa shape index (κ2) is 5.29. The lowest BCUT2D eigenvalue weighted by Gasteiger charge is -2.19. The van der Waals surface area contributed by atoms with Gasteiger partial charge in [0.1, 0.15) is 5.69 Å². The molecule has 1 unspecified atom stereocenters. The summed E-state index contributed by atoms with van der Waals surface area (Å²) in [6, 6.07) is 3.37. The predicted molar refractivity (Wildman–Crippen MR) is 88.2 cm³/mol. The minimum atomic E-state index is -0.335. The molecule has 2 heterocycles. The molecule has 0 bridgehead atoms. The van der Waals surface area contributed by atoms with Gasteiger partial charge in [-0.2, -0.15) is 4.68 Å². The molecule has 2 saturated carbocycles. The highest BCUT2D eigenvalue weighted by molar-refractivity contribution is 5.92. The van der Waals surface area contributed by atoms with Crippen molar-refractivity contribution < 1.29 is 4.79 Å². The summed E-state index contributed by atoms with van der Waals surface area (Å²) < 4.78 is 1.22. The van der Waals surface area contributed by atoms with Crippen molar-refractivity contribution >= 4 is 5.91 Å². The third-order valence-electron chi connectivity index (χ3n) is 5.24. The number of carbonyl (C=O) groups is 1. The van der Waals surface area contributed by atoms with Crippen LogP contribution in [0.5, 0.6) is 0 Å². The third kappa shape index (κ3) is 2.53. The van der Waals surface area contributed by atoms with E-state index in [-0.39, 0.29) is 29.2 Å². The van der Waals surface area contributed by atoms with Gasteiger partial charge >= 0.3 is 0 Å². The van der Waals surface area contributed by atoms with E-state index in [0.717, 1.165) is 17.8 Å². The lowest BCUT2D eigenvalue weighted by Crippen LogP contribution is -2.38. The van der Waals surface area contributed by atoms with Crippen LogP contribution in [0.25, 0.3) is 5.95 Å². The first kappa shape index (κ1) is 15.1. The smallest absolute Gasteiger partial charge is 0.274 e. The second-order valence-electron chi connectivity index (χ2n) is 7.07. The maximum atomic E-state index is 12.5. The number of aryl methyl sites for hydroxylation is 2. The van der Waals surface area contributed by atoms with E-state index in [9.17, 15) is 9.59 Å². The summed E-state index contributed by atoms with van der Waals surface area (Å²) in [5.41, 5.74) is 1.79. The Morgan fingerprint density at radius 2 is 1.96 bits per heavy atom. The zero-order valence-corrected chi connectivity index (χ0v) is 13.9. The van der Waals surface area contributed by atoms with Crippen LogP contribution in [0.15, 0.2) is 16.9 Å². The minimum Gasteiger partial charge on any atom is -0.347 e. The Hall–Kier alpha value is -2.44. The largest absolute Gasteiger partial charge is 0.347 e. The van der Waals surface area contributed by atoms with Crippen molar-refractivity contribution in [3.63, 3.8) is 0 Å². The van der Waals surface area contributed by atoms with Crippen LogP contribution < -0.4 is 10.9 Å². The number of hydrogen-bond acceptors (Lipinski definition) is 4. The number of nitrogens with zero attached hydrogens (tertiary/aromatic N) is 3. The van der Waals surface area contributed by atoms with Gasteiger partial charge in [-0.1, -0.05) is 6.42 Å². The van der Waals surface area contributed by atoms with Gasteiger partial charge in [0.05, 0.1) is 0 Å². The molecule has 1 amide bonds. The van der Waals surface area contributed by atoms with Gasteiger partial charge in [-0.15, -0.1) is 0 Å². The summed E-state index contributed by atoms with van der Waals surface area (Å²) >= 11 is 0. The molecule has 7 nitrogen and oxygen atoms in total. The zero-order valence-electron chi connectivity index (χ0n) is 13.9. The Kier molecular flexibility index (Phi) is 3.33. The van der Waals surface area contributed by atoms with Crippen LogP contribution >= 0.6 is 0 Å². The standard InChI is InChI=1S/C17H21N5O2/c1-10-8-11(2)19-16(18-10)22-14(23)9-12(21-22)15(24)20-13-4-3-5-17(13)6-7-17/h8-9,13,21H,3-7H2,1-2H3,(H,20,24). The molecule has 2 aromatic rings. The van der Waals surface area contributed by atoms with Crippen LogP contribution in [0.3, 0.4) is 0 Å². The number of aromatic amines is 1. The number of hydrogen-bond donors (Lipinski definition) is 2. The molecule has 2 aliphatic rings. The maximum Gasteiger partial charge on any atom is 0.274 e. The highest BCUT2D eigenvalue weighted by atomic mass is 16.2. The number of aromatic nitrogens is 4. The van der Waals surface area contributed by atoms with Crippen LogP contribution in [-0.2, 0) is 0 Å². The third-order valence-corrected chi connectivity index (χ3v) is 5.24. The highest BCUT2D eigenvalue weighted by Gasteiger charge is 2.52. The molecule has 126 valence electrons. The summed E-state index contributed by atoms with van der Waals surface area (Å²) in [6.07, 6.45) is 5.79. The van der Waals surface area contributed by atoms with E-state index in [1.165, 1.54) is 36.4 Å². The number of rotatable bonds is 3. The van der Waals surface area contributed by atoms with Gasteiger partial charge in [0.2, 0.25) is 0 Å². The monoisotopic (exact) mass is 327 g/mol. The topological polar surface area (TPSA) is 92.7 Å². The molecule has 2 fully saturated rings. The molecular formula is C17H21N5O2. The molecule has 2 N–H and O–H groups in total. The van der Waals surface area contributed by atoms with E-state index in [1.54, 1.807) is 0 Å². The fourth-order valence-corrected chi connectivity index (χ4v) is 3.83. The van der Waals surface area contributed by atoms with Crippen molar-refractivity contribution in [2.24, 2.45) is 5.41 Å². The molecule has 2 aliphatic carbocycles. The fraction of sp³-hybridized carbons (Fsp3) is 0.529. The van der Waals surface area contributed by atoms with Crippen molar-refractivity contribution in [3.8, 4) is 5.95 Å². The molecule has 7 heteroatoms.